The molecule has 0 aromatic heterocycles. The lowest BCUT2D eigenvalue weighted by molar-refractivity contribution is -0.119. The number of amides is 1. The molecular weight excluding hydrogens is 316 g/mol. The Hall–Kier alpha value is -1.76. The summed E-state index contributed by atoms with van der Waals surface area (Å²) in [5, 5.41) is 2.72. The van der Waals surface area contributed by atoms with Gasteiger partial charge >= 0.3 is 0 Å². The van der Waals surface area contributed by atoms with Crippen molar-refractivity contribution in [2.75, 3.05) is 23.7 Å². The number of carbonyl (C=O) groups is 1. The lowest BCUT2D eigenvalue weighted by Gasteiger charge is -2.22. The first-order valence-corrected chi connectivity index (χ1v) is 9.45. The van der Waals surface area contributed by atoms with Gasteiger partial charge in [-0.3, -0.25) is 9.10 Å². The molecule has 0 aliphatic carbocycles. The van der Waals surface area contributed by atoms with E-state index in [-0.39, 0.29) is 18.6 Å². The molecule has 0 bridgehead atoms. The fraction of sp³-hybridized carbons (Fsp3) is 0.562. The van der Waals surface area contributed by atoms with Crippen molar-refractivity contribution in [2.24, 2.45) is 5.92 Å². The van der Waals surface area contributed by atoms with E-state index < -0.39 is 10.0 Å². The summed E-state index contributed by atoms with van der Waals surface area (Å²) in [6.45, 7) is 8.04. The fourth-order valence-corrected chi connectivity index (χ4v) is 2.72. The molecule has 130 valence electrons. The van der Waals surface area contributed by atoms with E-state index in [1.54, 1.807) is 24.3 Å². The zero-order chi connectivity index (χ0) is 17.6. The van der Waals surface area contributed by atoms with E-state index in [0.29, 0.717) is 23.9 Å². The largest absolute Gasteiger partial charge is 0.491 e. The normalized spacial score (nSPS) is 11.6. The molecule has 1 N–H and O–H groups in total. The van der Waals surface area contributed by atoms with Crippen LogP contribution in [0.25, 0.3) is 0 Å². The molecule has 23 heavy (non-hydrogen) atoms. The molecule has 1 rings (SSSR count). The van der Waals surface area contributed by atoms with Crippen LogP contribution < -0.4 is 14.4 Å². The third kappa shape index (κ3) is 6.90. The van der Waals surface area contributed by atoms with Gasteiger partial charge < -0.3 is 10.1 Å². The minimum absolute atomic E-state index is 0.0358. The van der Waals surface area contributed by atoms with Crippen LogP contribution in [0, 0.1) is 5.92 Å². The Morgan fingerprint density at radius 1 is 1.17 bits per heavy atom. The number of benzene rings is 1. The smallest absolute Gasteiger partial charge is 0.240 e. The number of sulfonamides is 1. The second-order valence-corrected chi connectivity index (χ2v) is 8.03. The van der Waals surface area contributed by atoms with Gasteiger partial charge in [0.05, 0.1) is 18.0 Å². The highest BCUT2D eigenvalue weighted by Gasteiger charge is 2.20. The second-order valence-electron chi connectivity index (χ2n) is 6.13. The number of carbonyl (C=O) groups excluding carboxylic acids is 1. The van der Waals surface area contributed by atoms with Gasteiger partial charge in [0.2, 0.25) is 15.9 Å². The van der Waals surface area contributed by atoms with Crippen LogP contribution in [0.4, 0.5) is 5.69 Å². The van der Waals surface area contributed by atoms with Gasteiger partial charge in [0.1, 0.15) is 12.3 Å². The summed E-state index contributed by atoms with van der Waals surface area (Å²) in [5.74, 6) is 0.631. The molecule has 0 heterocycles. The molecule has 0 unspecified atom stereocenters. The number of hydrogen-bond acceptors (Lipinski definition) is 4. The van der Waals surface area contributed by atoms with Crippen molar-refractivity contribution in [1.29, 1.82) is 0 Å². The summed E-state index contributed by atoms with van der Waals surface area (Å²) in [7, 11) is -3.56. The molecular formula is C16H26N2O4S. The average molecular weight is 342 g/mol. The molecule has 0 atom stereocenters. The summed E-state index contributed by atoms with van der Waals surface area (Å²) in [6.07, 6.45) is 1.12. The van der Waals surface area contributed by atoms with Crippen molar-refractivity contribution in [3.63, 3.8) is 0 Å². The Morgan fingerprint density at radius 2 is 1.74 bits per heavy atom. The van der Waals surface area contributed by atoms with Crippen LogP contribution in [0.1, 0.15) is 27.7 Å². The molecule has 7 heteroatoms. The summed E-state index contributed by atoms with van der Waals surface area (Å²) in [6, 6.07) is 6.65. The highest BCUT2D eigenvalue weighted by molar-refractivity contribution is 7.92. The van der Waals surface area contributed by atoms with Gasteiger partial charge in [-0.05, 0) is 44.0 Å². The van der Waals surface area contributed by atoms with E-state index in [4.69, 9.17) is 4.74 Å². The highest BCUT2D eigenvalue weighted by atomic mass is 32.2. The highest BCUT2D eigenvalue weighted by Crippen LogP contribution is 2.22. The lowest BCUT2D eigenvalue weighted by atomic mass is 10.2. The zero-order valence-electron chi connectivity index (χ0n) is 14.4. The van der Waals surface area contributed by atoms with Crippen molar-refractivity contribution in [1.82, 2.24) is 5.32 Å². The quantitative estimate of drug-likeness (QED) is 0.784. The van der Waals surface area contributed by atoms with E-state index >= 15 is 0 Å². The van der Waals surface area contributed by atoms with Crippen LogP contribution >= 0.6 is 0 Å². The molecule has 0 aliphatic heterocycles. The monoisotopic (exact) mass is 342 g/mol. The van der Waals surface area contributed by atoms with Crippen molar-refractivity contribution in [3.8, 4) is 5.75 Å². The van der Waals surface area contributed by atoms with Crippen molar-refractivity contribution in [3.05, 3.63) is 24.3 Å². The van der Waals surface area contributed by atoms with Gasteiger partial charge in [-0.15, -0.1) is 0 Å². The molecule has 1 aromatic rings. The summed E-state index contributed by atoms with van der Waals surface area (Å²) in [5.41, 5.74) is 0.434. The van der Waals surface area contributed by atoms with E-state index in [1.807, 2.05) is 27.7 Å². The minimum atomic E-state index is -3.56. The Kier molecular flexibility index (Phi) is 6.87. The van der Waals surface area contributed by atoms with Crippen molar-refractivity contribution >= 4 is 21.6 Å². The first-order chi connectivity index (χ1) is 10.6. The summed E-state index contributed by atoms with van der Waals surface area (Å²) in [4.78, 5) is 11.9. The second kappa shape index (κ2) is 8.19. The van der Waals surface area contributed by atoms with Crippen LogP contribution in [0.15, 0.2) is 24.3 Å². The molecule has 0 saturated heterocycles. The average Bonchev–Trinajstić information content (AvgIpc) is 2.42. The summed E-state index contributed by atoms with van der Waals surface area (Å²) >= 11 is 0. The minimum Gasteiger partial charge on any atom is -0.491 e. The topological polar surface area (TPSA) is 75.7 Å². The lowest BCUT2D eigenvalue weighted by Crippen LogP contribution is -2.41. The number of anilines is 1. The van der Waals surface area contributed by atoms with E-state index in [2.05, 4.69) is 5.32 Å². The molecule has 6 nitrogen and oxygen atoms in total. The van der Waals surface area contributed by atoms with Gasteiger partial charge in [0.25, 0.3) is 0 Å². The van der Waals surface area contributed by atoms with Gasteiger partial charge in [0.15, 0.2) is 0 Å². The third-order valence-corrected chi connectivity index (χ3v) is 4.03. The van der Waals surface area contributed by atoms with Crippen LogP contribution in [0.3, 0.4) is 0 Å². The van der Waals surface area contributed by atoms with Crippen molar-refractivity contribution < 1.29 is 17.9 Å². The maximum absolute atomic E-state index is 12.0. The van der Waals surface area contributed by atoms with E-state index in [1.165, 1.54) is 0 Å². The number of nitrogens with zero attached hydrogens (tertiary/aromatic N) is 1. The molecule has 0 radical (unpaired) electrons. The number of ether oxygens (including phenoxy) is 1. The van der Waals surface area contributed by atoms with Gasteiger partial charge in [-0.2, -0.15) is 0 Å². The number of nitrogens with one attached hydrogen (secondary N) is 1. The summed E-state index contributed by atoms with van der Waals surface area (Å²) < 4.78 is 30.6. The molecule has 0 fully saturated rings. The van der Waals surface area contributed by atoms with Crippen LogP contribution in [-0.4, -0.2) is 39.8 Å². The maximum Gasteiger partial charge on any atom is 0.240 e. The Morgan fingerprint density at radius 3 is 2.17 bits per heavy atom. The van der Waals surface area contributed by atoms with Gasteiger partial charge in [-0.25, -0.2) is 8.42 Å². The molecule has 1 aromatic carbocycles. The van der Waals surface area contributed by atoms with E-state index in [9.17, 15) is 13.2 Å². The number of rotatable bonds is 8. The van der Waals surface area contributed by atoms with Crippen LogP contribution in [0.2, 0.25) is 0 Å². The standard InChI is InChI=1S/C16H26N2O4S/c1-12(2)10-17-16(19)11-18(23(5,20)21)14-6-8-15(9-7-14)22-13(3)4/h6-9,12-13H,10-11H2,1-5H3,(H,17,19). The molecule has 0 aliphatic rings. The predicted molar refractivity (Wildman–Crippen MR) is 92.2 cm³/mol. The Balaban J connectivity index is 2.88. The fourth-order valence-electron chi connectivity index (χ4n) is 1.87. The number of hydrogen-bond donors (Lipinski definition) is 1. The third-order valence-electron chi connectivity index (χ3n) is 2.89. The van der Waals surface area contributed by atoms with Crippen molar-refractivity contribution in [2.45, 2.75) is 33.8 Å². The Bertz CT molecular complexity index is 609. The van der Waals surface area contributed by atoms with E-state index in [0.717, 1.165) is 10.6 Å². The predicted octanol–water partition coefficient (Wildman–Crippen LogP) is 2.01. The molecule has 0 spiro atoms. The molecule has 0 saturated carbocycles. The van der Waals surface area contributed by atoms with Gasteiger partial charge in [0, 0.05) is 6.54 Å². The Labute approximate surface area is 138 Å². The maximum atomic E-state index is 12.0. The zero-order valence-corrected chi connectivity index (χ0v) is 15.2. The van der Waals surface area contributed by atoms with Crippen LogP contribution in [-0.2, 0) is 14.8 Å². The SMILES string of the molecule is CC(C)CNC(=O)CN(c1ccc(OC(C)C)cc1)S(C)(=O)=O. The van der Waals surface area contributed by atoms with Crippen LogP contribution in [0.5, 0.6) is 5.75 Å². The first-order valence-electron chi connectivity index (χ1n) is 7.60. The van der Waals surface area contributed by atoms with Gasteiger partial charge in [-0.1, -0.05) is 13.8 Å². The molecule has 1 amide bonds. The first kappa shape index (κ1) is 19.3.